The van der Waals surface area contributed by atoms with E-state index < -0.39 is 11.5 Å². The lowest BCUT2D eigenvalue weighted by Gasteiger charge is -2.24. The maximum atomic E-state index is 12.1. The number of hydrogen-bond donors (Lipinski definition) is 2. The van der Waals surface area contributed by atoms with Crippen LogP contribution in [0.15, 0.2) is 28.9 Å². The Morgan fingerprint density at radius 1 is 1.38 bits per heavy atom. The summed E-state index contributed by atoms with van der Waals surface area (Å²) in [4.78, 5) is 23.3. The molecule has 0 aliphatic heterocycles. The van der Waals surface area contributed by atoms with Gasteiger partial charge in [0.2, 0.25) is 5.91 Å². The van der Waals surface area contributed by atoms with E-state index in [-0.39, 0.29) is 12.3 Å². The SMILES string of the molecule is CCC(C)(NC(=O)Cc1coc2cc(C)ccc12)C(=O)O. The van der Waals surface area contributed by atoms with Gasteiger partial charge < -0.3 is 14.8 Å². The lowest BCUT2D eigenvalue weighted by molar-refractivity contribution is -0.146. The highest BCUT2D eigenvalue weighted by molar-refractivity contribution is 5.91. The number of nitrogens with one attached hydrogen (secondary N) is 1. The van der Waals surface area contributed by atoms with Gasteiger partial charge in [-0.25, -0.2) is 4.79 Å². The van der Waals surface area contributed by atoms with E-state index in [0.29, 0.717) is 6.42 Å². The van der Waals surface area contributed by atoms with Crippen LogP contribution in [0.1, 0.15) is 31.4 Å². The number of carbonyl (C=O) groups is 2. The molecule has 2 N–H and O–H groups in total. The third kappa shape index (κ3) is 3.07. The first-order chi connectivity index (χ1) is 9.85. The van der Waals surface area contributed by atoms with E-state index in [1.54, 1.807) is 13.2 Å². The van der Waals surface area contributed by atoms with Crippen LogP contribution in [-0.2, 0) is 16.0 Å². The second kappa shape index (κ2) is 5.60. The number of carbonyl (C=O) groups excluding carboxylic acids is 1. The van der Waals surface area contributed by atoms with Crippen molar-refractivity contribution in [2.24, 2.45) is 0 Å². The molecule has 0 fully saturated rings. The van der Waals surface area contributed by atoms with Crippen LogP contribution in [0, 0.1) is 6.92 Å². The molecule has 0 aliphatic carbocycles. The van der Waals surface area contributed by atoms with Gasteiger partial charge in [-0.1, -0.05) is 19.1 Å². The number of carboxylic acid groups (broad SMARTS) is 1. The molecule has 2 rings (SSSR count). The predicted octanol–water partition coefficient (Wildman–Crippen LogP) is 2.65. The first kappa shape index (κ1) is 15.1. The van der Waals surface area contributed by atoms with Crippen molar-refractivity contribution in [1.29, 1.82) is 0 Å². The third-order valence-electron chi connectivity index (χ3n) is 3.76. The van der Waals surface area contributed by atoms with Crippen LogP contribution in [0.25, 0.3) is 11.0 Å². The molecule has 0 saturated heterocycles. The number of carboxylic acids is 1. The van der Waals surface area contributed by atoms with Crippen molar-refractivity contribution < 1.29 is 19.1 Å². The number of fused-ring (bicyclic) bond motifs is 1. The van der Waals surface area contributed by atoms with E-state index in [9.17, 15) is 14.7 Å². The molecule has 0 saturated carbocycles. The number of aryl methyl sites for hydroxylation is 1. The van der Waals surface area contributed by atoms with Gasteiger partial charge in [-0.05, 0) is 31.9 Å². The minimum atomic E-state index is -1.24. The second-order valence-corrected chi connectivity index (χ2v) is 5.48. The van der Waals surface area contributed by atoms with Gasteiger partial charge in [0, 0.05) is 10.9 Å². The molecule has 1 unspecified atom stereocenters. The molecule has 2 aromatic rings. The summed E-state index contributed by atoms with van der Waals surface area (Å²) in [6.07, 6.45) is 1.96. The van der Waals surface area contributed by atoms with Gasteiger partial charge in [0.1, 0.15) is 11.1 Å². The van der Waals surface area contributed by atoms with Crippen LogP contribution < -0.4 is 5.32 Å². The number of hydrogen-bond acceptors (Lipinski definition) is 3. The Labute approximate surface area is 122 Å². The zero-order valence-electron chi connectivity index (χ0n) is 12.4. The highest BCUT2D eigenvalue weighted by Crippen LogP contribution is 2.23. The molecule has 0 aliphatic rings. The fourth-order valence-corrected chi connectivity index (χ4v) is 2.15. The standard InChI is InChI=1S/C16H19NO4/c1-4-16(3,15(19)20)17-14(18)8-11-9-21-13-7-10(2)5-6-12(11)13/h5-7,9H,4,8H2,1-3H3,(H,17,18)(H,19,20). The lowest BCUT2D eigenvalue weighted by Crippen LogP contribution is -2.52. The van der Waals surface area contributed by atoms with Gasteiger partial charge in [-0.3, -0.25) is 4.79 Å². The molecular weight excluding hydrogens is 270 g/mol. The topological polar surface area (TPSA) is 79.5 Å². The second-order valence-electron chi connectivity index (χ2n) is 5.48. The number of aliphatic carboxylic acids is 1. The summed E-state index contributed by atoms with van der Waals surface area (Å²) in [6.45, 7) is 5.20. The summed E-state index contributed by atoms with van der Waals surface area (Å²) in [6, 6.07) is 5.77. The molecule has 1 aromatic heterocycles. The fraction of sp³-hybridized carbons (Fsp3) is 0.375. The zero-order valence-corrected chi connectivity index (χ0v) is 12.4. The van der Waals surface area contributed by atoms with Gasteiger partial charge in [-0.2, -0.15) is 0 Å². The van der Waals surface area contributed by atoms with Gasteiger partial charge in [-0.15, -0.1) is 0 Å². The van der Waals surface area contributed by atoms with E-state index in [4.69, 9.17) is 4.42 Å². The number of benzene rings is 1. The summed E-state index contributed by atoms with van der Waals surface area (Å²) in [5.41, 5.74) is 1.32. The summed E-state index contributed by atoms with van der Waals surface area (Å²) in [7, 11) is 0. The Bertz CT molecular complexity index is 689. The fourth-order valence-electron chi connectivity index (χ4n) is 2.15. The molecular formula is C16H19NO4. The average Bonchev–Trinajstić information content (AvgIpc) is 2.80. The van der Waals surface area contributed by atoms with E-state index in [1.165, 1.54) is 6.92 Å². The van der Waals surface area contributed by atoms with E-state index >= 15 is 0 Å². The summed E-state index contributed by atoms with van der Waals surface area (Å²) >= 11 is 0. The summed E-state index contributed by atoms with van der Waals surface area (Å²) in [5.74, 6) is -1.36. The Kier molecular flexibility index (Phi) is 4.02. The largest absolute Gasteiger partial charge is 0.480 e. The third-order valence-corrected chi connectivity index (χ3v) is 3.76. The molecule has 1 atom stereocenters. The van der Waals surface area contributed by atoms with Crippen LogP contribution in [0.3, 0.4) is 0 Å². The van der Waals surface area contributed by atoms with E-state index in [2.05, 4.69) is 5.32 Å². The minimum absolute atomic E-state index is 0.0962. The predicted molar refractivity (Wildman–Crippen MR) is 79.1 cm³/mol. The smallest absolute Gasteiger partial charge is 0.329 e. The normalized spacial score (nSPS) is 13.9. The number of rotatable bonds is 5. The zero-order chi connectivity index (χ0) is 15.6. The van der Waals surface area contributed by atoms with Crippen molar-refractivity contribution in [2.75, 3.05) is 0 Å². The maximum Gasteiger partial charge on any atom is 0.329 e. The average molecular weight is 289 g/mol. The first-order valence-corrected chi connectivity index (χ1v) is 6.87. The molecule has 1 amide bonds. The van der Waals surface area contributed by atoms with Crippen molar-refractivity contribution in [3.8, 4) is 0 Å². The summed E-state index contributed by atoms with van der Waals surface area (Å²) < 4.78 is 5.44. The van der Waals surface area contributed by atoms with Crippen LogP contribution in [0.5, 0.6) is 0 Å². The minimum Gasteiger partial charge on any atom is -0.480 e. The van der Waals surface area contributed by atoms with Crippen molar-refractivity contribution >= 4 is 22.8 Å². The van der Waals surface area contributed by atoms with Crippen LogP contribution in [0.2, 0.25) is 0 Å². The molecule has 1 aromatic carbocycles. The molecule has 0 spiro atoms. The number of amides is 1. The van der Waals surface area contributed by atoms with Crippen LogP contribution in [0.4, 0.5) is 0 Å². The highest BCUT2D eigenvalue weighted by Gasteiger charge is 2.32. The Balaban J connectivity index is 2.17. The molecule has 0 bridgehead atoms. The molecule has 0 radical (unpaired) electrons. The van der Waals surface area contributed by atoms with Gasteiger partial charge in [0.05, 0.1) is 12.7 Å². The molecule has 112 valence electrons. The maximum absolute atomic E-state index is 12.1. The van der Waals surface area contributed by atoms with Crippen molar-refractivity contribution in [3.63, 3.8) is 0 Å². The van der Waals surface area contributed by atoms with Gasteiger partial charge in [0.25, 0.3) is 0 Å². The number of furan rings is 1. The van der Waals surface area contributed by atoms with E-state index in [0.717, 1.165) is 22.1 Å². The summed E-state index contributed by atoms with van der Waals surface area (Å²) in [5, 5.41) is 12.6. The van der Waals surface area contributed by atoms with Crippen molar-refractivity contribution in [3.05, 3.63) is 35.6 Å². The Hall–Kier alpha value is -2.30. The van der Waals surface area contributed by atoms with Crippen molar-refractivity contribution in [2.45, 2.75) is 39.2 Å². The first-order valence-electron chi connectivity index (χ1n) is 6.87. The van der Waals surface area contributed by atoms with Crippen LogP contribution in [-0.4, -0.2) is 22.5 Å². The Morgan fingerprint density at radius 2 is 2.10 bits per heavy atom. The van der Waals surface area contributed by atoms with Crippen LogP contribution >= 0.6 is 0 Å². The van der Waals surface area contributed by atoms with Gasteiger partial charge in [0.15, 0.2) is 0 Å². The Morgan fingerprint density at radius 3 is 2.71 bits per heavy atom. The molecule has 21 heavy (non-hydrogen) atoms. The molecule has 5 nitrogen and oxygen atoms in total. The highest BCUT2D eigenvalue weighted by atomic mass is 16.4. The lowest BCUT2D eigenvalue weighted by atomic mass is 9.98. The molecule has 1 heterocycles. The molecule has 5 heteroatoms. The van der Waals surface area contributed by atoms with E-state index in [1.807, 2.05) is 25.1 Å². The van der Waals surface area contributed by atoms with Crippen molar-refractivity contribution in [1.82, 2.24) is 5.32 Å². The quantitative estimate of drug-likeness (QED) is 0.886. The van der Waals surface area contributed by atoms with Gasteiger partial charge >= 0.3 is 5.97 Å². The monoisotopic (exact) mass is 289 g/mol.